The van der Waals surface area contributed by atoms with E-state index < -0.39 is 5.97 Å². The van der Waals surface area contributed by atoms with Crippen molar-refractivity contribution >= 4 is 5.97 Å². The van der Waals surface area contributed by atoms with Crippen molar-refractivity contribution in [2.45, 2.75) is 40.2 Å². The number of carboxylic acid groups (broad SMARTS) is 1. The zero-order valence-corrected chi connectivity index (χ0v) is 12.1. The molecule has 0 atom stereocenters. The Morgan fingerprint density at radius 3 is 2.65 bits per heavy atom. The Kier molecular flexibility index (Phi) is 3.92. The second-order valence-electron chi connectivity index (χ2n) is 5.51. The maximum atomic E-state index is 11.5. The van der Waals surface area contributed by atoms with Crippen molar-refractivity contribution in [2.24, 2.45) is 5.92 Å². The van der Waals surface area contributed by atoms with Crippen LogP contribution in [0.15, 0.2) is 17.0 Å². The minimum atomic E-state index is -1.02. The summed E-state index contributed by atoms with van der Waals surface area (Å²) in [5, 5.41) is 13.4. The van der Waals surface area contributed by atoms with Gasteiger partial charge in [0.2, 0.25) is 0 Å². The number of carboxylic acids is 1. The predicted octanol–water partition coefficient (Wildman–Crippen LogP) is 3.02. The fraction of sp³-hybridized carbons (Fsp3) is 0.500. The topological polar surface area (TPSA) is 81.2 Å². The van der Waals surface area contributed by atoms with Crippen molar-refractivity contribution in [3.63, 3.8) is 0 Å². The third-order valence-electron chi connectivity index (χ3n) is 3.04. The van der Waals surface area contributed by atoms with E-state index in [1.807, 2.05) is 32.3 Å². The van der Waals surface area contributed by atoms with Crippen LogP contribution in [0, 0.1) is 5.92 Å². The maximum absolute atomic E-state index is 11.5. The van der Waals surface area contributed by atoms with Crippen LogP contribution in [0.1, 0.15) is 49.9 Å². The van der Waals surface area contributed by atoms with Crippen LogP contribution >= 0.6 is 0 Å². The first-order valence-electron chi connectivity index (χ1n) is 6.65. The molecule has 0 fully saturated rings. The summed E-state index contributed by atoms with van der Waals surface area (Å²) in [4.78, 5) is 15.6. The highest BCUT2D eigenvalue weighted by molar-refractivity contribution is 5.95. The van der Waals surface area contributed by atoms with Crippen molar-refractivity contribution in [3.8, 4) is 11.4 Å². The average molecular weight is 277 g/mol. The van der Waals surface area contributed by atoms with Gasteiger partial charge in [0.15, 0.2) is 5.76 Å². The van der Waals surface area contributed by atoms with Crippen LogP contribution in [0.25, 0.3) is 11.4 Å². The Hall–Kier alpha value is -2.11. The van der Waals surface area contributed by atoms with E-state index in [2.05, 4.69) is 10.1 Å². The molecule has 0 saturated carbocycles. The van der Waals surface area contributed by atoms with E-state index in [0.29, 0.717) is 29.5 Å². The molecule has 0 aliphatic heterocycles. The van der Waals surface area contributed by atoms with Crippen molar-refractivity contribution < 1.29 is 14.4 Å². The predicted molar refractivity (Wildman–Crippen MR) is 73.6 cm³/mol. The number of carbonyl (C=O) groups is 1. The highest BCUT2D eigenvalue weighted by Gasteiger charge is 2.26. The van der Waals surface area contributed by atoms with E-state index in [1.165, 1.54) is 0 Å². The molecule has 0 radical (unpaired) electrons. The van der Waals surface area contributed by atoms with Crippen LogP contribution in [0.3, 0.4) is 0 Å². The zero-order valence-electron chi connectivity index (χ0n) is 12.1. The van der Waals surface area contributed by atoms with Gasteiger partial charge in [-0.15, -0.1) is 0 Å². The van der Waals surface area contributed by atoms with Crippen LogP contribution in [0.4, 0.5) is 0 Å². The van der Waals surface area contributed by atoms with Crippen molar-refractivity contribution in [2.75, 3.05) is 0 Å². The van der Waals surface area contributed by atoms with Gasteiger partial charge in [-0.1, -0.05) is 19.0 Å². The van der Waals surface area contributed by atoms with Gasteiger partial charge >= 0.3 is 5.97 Å². The van der Waals surface area contributed by atoms with E-state index >= 15 is 0 Å². The number of aromatic nitrogens is 3. The van der Waals surface area contributed by atoms with Gasteiger partial charge in [0.1, 0.15) is 11.3 Å². The lowest BCUT2D eigenvalue weighted by atomic mass is 10.0. The van der Waals surface area contributed by atoms with Gasteiger partial charge < -0.3 is 14.2 Å². The third-order valence-corrected chi connectivity index (χ3v) is 3.04. The molecule has 2 aromatic rings. The molecule has 0 saturated heterocycles. The SMILES string of the molecule is CC(C)Cc1onc(-c2cncn2C(C)C)c1C(=O)O. The zero-order chi connectivity index (χ0) is 14.9. The average Bonchev–Trinajstić information content (AvgIpc) is 2.92. The van der Waals surface area contributed by atoms with E-state index in [4.69, 9.17) is 4.52 Å². The molecule has 2 aromatic heterocycles. The van der Waals surface area contributed by atoms with E-state index in [0.717, 1.165) is 0 Å². The lowest BCUT2D eigenvalue weighted by molar-refractivity contribution is 0.0695. The first-order valence-corrected chi connectivity index (χ1v) is 6.65. The van der Waals surface area contributed by atoms with Gasteiger partial charge in [-0.05, 0) is 19.8 Å². The van der Waals surface area contributed by atoms with Crippen LogP contribution < -0.4 is 0 Å². The minimum Gasteiger partial charge on any atom is -0.477 e. The largest absolute Gasteiger partial charge is 0.477 e. The third kappa shape index (κ3) is 2.59. The molecule has 6 heteroatoms. The number of hydrogen-bond acceptors (Lipinski definition) is 4. The standard InChI is InChI=1S/C14H19N3O3/c1-8(2)5-11-12(14(18)19)13(16-20-11)10-6-15-7-17(10)9(3)4/h6-9H,5H2,1-4H3,(H,18,19). The monoisotopic (exact) mass is 277 g/mol. The number of imidazole rings is 1. The quantitative estimate of drug-likeness (QED) is 0.908. The summed E-state index contributed by atoms with van der Waals surface area (Å²) in [6.07, 6.45) is 3.83. The number of aromatic carboxylic acids is 1. The second-order valence-corrected chi connectivity index (χ2v) is 5.51. The number of nitrogens with zero attached hydrogens (tertiary/aromatic N) is 3. The van der Waals surface area contributed by atoms with Gasteiger partial charge in [-0.25, -0.2) is 9.78 Å². The number of rotatable bonds is 5. The highest BCUT2D eigenvalue weighted by Crippen LogP contribution is 2.28. The molecule has 0 amide bonds. The van der Waals surface area contributed by atoms with E-state index in [-0.39, 0.29) is 11.6 Å². The Morgan fingerprint density at radius 2 is 2.10 bits per heavy atom. The molecule has 108 valence electrons. The molecule has 2 rings (SSSR count). The molecule has 20 heavy (non-hydrogen) atoms. The summed E-state index contributed by atoms with van der Waals surface area (Å²) in [7, 11) is 0. The molecule has 0 spiro atoms. The summed E-state index contributed by atoms with van der Waals surface area (Å²) in [5.41, 5.74) is 1.15. The molecule has 0 aromatic carbocycles. The summed E-state index contributed by atoms with van der Waals surface area (Å²) in [5.74, 6) is -0.309. The minimum absolute atomic E-state index is 0.140. The van der Waals surface area contributed by atoms with E-state index in [1.54, 1.807) is 12.5 Å². The van der Waals surface area contributed by atoms with Crippen molar-refractivity contribution in [1.29, 1.82) is 0 Å². The summed E-state index contributed by atoms with van der Waals surface area (Å²) >= 11 is 0. The molecule has 0 aliphatic carbocycles. The normalized spacial score (nSPS) is 11.5. The molecule has 0 unspecified atom stereocenters. The van der Waals surface area contributed by atoms with Crippen LogP contribution in [0.2, 0.25) is 0 Å². The maximum Gasteiger partial charge on any atom is 0.341 e. The second kappa shape index (κ2) is 5.48. The van der Waals surface area contributed by atoms with Crippen molar-refractivity contribution in [1.82, 2.24) is 14.7 Å². The summed E-state index contributed by atoms with van der Waals surface area (Å²) in [6, 6.07) is 0.166. The van der Waals surface area contributed by atoms with Crippen LogP contribution in [-0.2, 0) is 6.42 Å². The molecule has 0 aliphatic rings. The summed E-state index contributed by atoms with van der Waals surface area (Å²) in [6.45, 7) is 8.01. The molecule has 1 N–H and O–H groups in total. The molecular weight excluding hydrogens is 258 g/mol. The van der Waals surface area contributed by atoms with Gasteiger partial charge in [-0.3, -0.25) is 0 Å². The van der Waals surface area contributed by atoms with Crippen LogP contribution in [0.5, 0.6) is 0 Å². The fourth-order valence-corrected chi connectivity index (χ4v) is 2.13. The van der Waals surface area contributed by atoms with Gasteiger partial charge in [0.05, 0.1) is 18.2 Å². The Bertz CT molecular complexity index is 611. The smallest absolute Gasteiger partial charge is 0.341 e. The lowest BCUT2D eigenvalue weighted by Gasteiger charge is -2.10. The highest BCUT2D eigenvalue weighted by atomic mass is 16.5. The van der Waals surface area contributed by atoms with Crippen molar-refractivity contribution in [3.05, 3.63) is 23.8 Å². The van der Waals surface area contributed by atoms with E-state index in [9.17, 15) is 9.90 Å². The molecular formula is C14H19N3O3. The first-order chi connectivity index (χ1) is 9.41. The summed E-state index contributed by atoms with van der Waals surface area (Å²) < 4.78 is 7.13. The fourth-order valence-electron chi connectivity index (χ4n) is 2.13. The Labute approximate surface area is 117 Å². The molecule has 2 heterocycles. The first kappa shape index (κ1) is 14.3. The lowest BCUT2D eigenvalue weighted by Crippen LogP contribution is -2.07. The van der Waals surface area contributed by atoms with Crippen LogP contribution in [-0.4, -0.2) is 25.8 Å². The molecule has 0 bridgehead atoms. The van der Waals surface area contributed by atoms with Gasteiger partial charge in [-0.2, -0.15) is 0 Å². The Morgan fingerprint density at radius 1 is 1.40 bits per heavy atom. The van der Waals surface area contributed by atoms with Gasteiger partial charge in [0, 0.05) is 12.5 Å². The number of hydrogen-bond donors (Lipinski definition) is 1. The van der Waals surface area contributed by atoms with Gasteiger partial charge in [0.25, 0.3) is 0 Å². The Balaban J connectivity index is 2.54. The molecule has 6 nitrogen and oxygen atoms in total.